The van der Waals surface area contributed by atoms with Crippen molar-refractivity contribution in [3.8, 4) is 0 Å². The smallest absolute Gasteiger partial charge is 0.230 e. The van der Waals surface area contributed by atoms with Crippen LogP contribution >= 0.6 is 0 Å². The highest BCUT2D eigenvalue weighted by molar-refractivity contribution is 5.22. The van der Waals surface area contributed by atoms with Crippen molar-refractivity contribution in [2.75, 3.05) is 0 Å². The minimum atomic E-state index is -0.809. The van der Waals surface area contributed by atoms with Crippen LogP contribution in [-0.2, 0) is 20.3 Å². The normalized spacial score (nSPS) is 34.3. The van der Waals surface area contributed by atoms with Crippen LogP contribution in [-0.4, -0.2) is 6.29 Å². The van der Waals surface area contributed by atoms with Crippen LogP contribution in [0.4, 0.5) is 4.39 Å². The van der Waals surface area contributed by atoms with Crippen LogP contribution < -0.4 is 0 Å². The van der Waals surface area contributed by atoms with Crippen molar-refractivity contribution in [2.24, 2.45) is 0 Å². The molecule has 4 heteroatoms. The second-order valence-corrected chi connectivity index (χ2v) is 3.88. The third-order valence-electron chi connectivity index (χ3n) is 2.84. The van der Waals surface area contributed by atoms with Gasteiger partial charge in [-0.2, -0.15) is 4.89 Å². The fraction of sp³-hybridized carbons (Fsp3) is 0.455. The molecule has 2 fully saturated rings. The monoisotopic (exact) mass is 210 g/mol. The first-order valence-corrected chi connectivity index (χ1v) is 5.07. The van der Waals surface area contributed by atoms with Gasteiger partial charge in [-0.3, -0.25) is 0 Å². The van der Waals surface area contributed by atoms with Gasteiger partial charge in [-0.15, -0.1) is 0 Å². The van der Waals surface area contributed by atoms with Crippen LogP contribution in [0.3, 0.4) is 0 Å². The SMILES string of the molecule is Fc1ccc(C23CCCC(OO2)O3)cc1. The molecule has 80 valence electrons. The second-order valence-electron chi connectivity index (χ2n) is 3.88. The first-order valence-electron chi connectivity index (χ1n) is 5.07. The predicted octanol–water partition coefficient (Wildman–Crippen LogP) is 2.47. The van der Waals surface area contributed by atoms with E-state index < -0.39 is 5.79 Å². The van der Waals surface area contributed by atoms with Crippen molar-refractivity contribution < 1.29 is 18.9 Å². The summed E-state index contributed by atoms with van der Waals surface area (Å²) in [5.74, 6) is -1.07. The Morgan fingerprint density at radius 3 is 2.87 bits per heavy atom. The average Bonchev–Trinajstić information content (AvgIpc) is 2.56. The summed E-state index contributed by atoms with van der Waals surface area (Å²) in [4.78, 5) is 10.3. The van der Waals surface area contributed by atoms with Crippen molar-refractivity contribution in [1.29, 1.82) is 0 Å². The molecule has 0 saturated carbocycles. The van der Waals surface area contributed by atoms with E-state index in [9.17, 15) is 4.39 Å². The topological polar surface area (TPSA) is 27.7 Å². The number of fused-ring (bicyclic) bond motifs is 2. The molecule has 2 aliphatic heterocycles. The third kappa shape index (κ3) is 1.45. The Morgan fingerprint density at radius 1 is 1.27 bits per heavy atom. The maximum atomic E-state index is 12.8. The molecule has 0 N–H and O–H groups in total. The van der Waals surface area contributed by atoms with E-state index in [1.54, 1.807) is 12.1 Å². The first kappa shape index (κ1) is 9.27. The lowest BCUT2D eigenvalue weighted by Crippen LogP contribution is -2.31. The Kier molecular flexibility index (Phi) is 2.02. The van der Waals surface area contributed by atoms with Crippen LogP contribution in [0.2, 0.25) is 0 Å². The number of ether oxygens (including phenoxy) is 1. The molecule has 0 aromatic heterocycles. The summed E-state index contributed by atoms with van der Waals surface area (Å²) in [6.45, 7) is 0. The summed E-state index contributed by atoms with van der Waals surface area (Å²) >= 11 is 0. The standard InChI is InChI=1S/C11H11FO3/c12-9-5-3-8(4-6-9)11-7-1-2-10(13-11)14-15-11/h3-6,10H,1-2,7H2. The summed E-state index contributed by atoms with van der Waals surface area (Å²) in [6.07, 6.45) is 2.31. The zero-order chi connectivity index (χ0) is 10.3. The van der Waals surface area contributed by atoms with E-state index in [1.807, 2.05) is 0 Å². The van der Waals surface area contributed by atoms with E-state index in [0.717, 1.165) is 24.8 Å². The maximum Gasteiger partial charge on any atom is 0.230 e. The molecule has 2 saturated heterocycles. The highest BCUT2D eigenvalue weighted by Gasteiger charge is 2.48. The third-order valence-corrected chi connectivity index (χ3v) is 2.84. The fourth-order valence-corrected chi connectivity index (χ4v) is 2.06. The zero-order valence-corrected chi connectivity index (χ0v) is 8.11. The Hall–Kier alpha value is -0.970. The van der Waals surface area contributed by atoms with Gasteiger partial charge in [-0.25, -0.2) is 9.28 Å². The summed E-state index contributed by atoms with van der Waals surface area (Å²) < 4.78 is 18.4. The molecule has 0 aliphatic carbocycles. The van der Waals surface area contributed by atoms with Gasteiger partial charge >= 0.3 is 0 Å². The van der Waals surface area contributed by atoms with Gasteiger partial charge in [-0.1, -0.05) is 12.1 Å². The van der Waals surface area contributed by atoms with E-state index in [4.69, 9.17) is 14.5 Å². The molecule has 3 nitrogen and oxygen atoms in total. The Labute approximate surface area is 86.7 Å². The molecule has 2 aliphatic rings. The maximum absolute atomic E-state index is 12.8. The van der Waals surface area contributed by atoms with Gasteiger partial charge < -0.3 is 4.74 Å². The van der Waals surface area contributed by atoms with Crippen molar-refractivity contribution >= 4 is 0 Å². The zero-order valence-electron chi connectivity index (χ0n) is 8.11. The van der Waals surface area contributed by atoms with Crippen LogP contribution in [0.1, 0.15) is 24.8 Å². The Balaban J connectivity index is 1.95. The first-order chi connectivity index (χ1) is 7.28. The van der Waals surface area contributed by atoms with Crippen LogP contribution in [0.5, 0.6) is 0 Å². The van der Waals surface area contributed by atoms with Crippen molar-refractivity contribution in [2.45, 2.75) is 31.3 Å². The molecule has 2 heterocycles. The van der Waals surface area contributed by atoms with E-state index >= 15 is 0 Å². The molecule has 0 amide bonds. The van der Waals surface area contributed by atoms with Gasteiger partial charge in [0.1, 0.15) is 5.82 Å². The molecule has 1 aromatic carbocycles. The van der Waals surface area contributed by atoms with E-state index in [-0.39, 0.29) is 12.1 Å². The molecular formula is C11H11FO3. The quantitative estimate of drug-likeness (QED) is 0.666. The summed E-state index contributed by atoms with van der Waals surface area (Å²) in [5.41, 5.74) is 0.811. The summed E-state index contributed by atoms with van der Waals surface area (Å²) in [5, 5.41) is 0. The number of rotatable bonds is 1. The van der Waals surface area contributed by atoms with Crippen LogP contribution in [0.25, 0.3) is 0 Å². The number of benzene rings is 1. The largest absolute Gasteiger partial charge is 0.311 e. The minimum absolute atomic E-state index is 0.263. The molecule has 3 rings (SSSR count). The Morgan fingerprint density at radius 2 is 2.07 bits per heavy atom. The predicted molar refractivity (Wildman–Crippen MR) is 49.0 cm³/mol. The second kappa shape index (κ2) is 3.27. The number of hydrogen-bond acceptors (Lipinski definition) is 3. The fourth-order valence-electron chi connectivity index (χ4n) is 2.06. The molecule has 0 radical (unpaired) electrons. The lowest BCUT2D eigenvalue weighted by molar-refractivity contribution is -0.331. The molecule has 15 heavy (non-hydrogen) atoms. The van der Waals surface area contributed by atoms with Gasteiger partial charge in [0.15, 0.2) is 6.29 Å². The van der Waals surface area contributed by atoms with Gasteiger partial charge in [0.25, 0.3) is 0 Å². The highest BCUT2D eigenvalue weighted by atomic mass is 19.1. The molecule has 2 bridgehead atoms. The summed E-state index contributed by atoms with van der Waals surface area (Å²) in [6, 6.07) is 6.15. The Bertz CT molecular complexity index is 361. The van der Waals surface area contributed by atoms with Crippen LogP contribution in [0.15, 0.2) is 24.3 Å². The molecule has 2 atom stereocenters. The summed E-state index contributed by atoms with van der Waals surface area (Å²) in [7, 11) is 0. The van der Waals surface area contributed by atoms with Crippen molar-refractivity contribution in [1.82, 2.24) is 0 Å². The number of hydrogen-bond donors (Lipinski definition) is 0. The molecule has 1 aromatic rings. The van der Waals surface area contributed by atoms with E-state index in [0.29, 0.717) is 0 Å². The van der Waals surface area contributed by atoms with Gasteiger partial charge in [0.05, 0.1) is 0 Å². The average molecular weight is 210 g/mol. The molecule has 2 unspecified atom stereocenters. The van der Waals surface area contributed by atoms with E-state index in [1.165, 1.54) is 12.1 Å². The lowest BCUT2D eigenvalue weighted by Gasteiger charge is -2.28. The number of halogens is 1. The van der Waals surface area contributed by atoms with Gasteiger partial charge in [0, 0.05) is 18.4 Å². The lowest BCUT2D eigenvalue weighted by atomic mass is 9.97. The minimum Gasteiger partial charge on any atom is -0.311 e. The van der Waals surface area contributed by atoms with Crippen molar-refractivity contribution in [3.05, 3.63) is 35.6 Å². The van der Waals surface area contributed by atoms with Gasteiger partial charge in [-0.05, 0) is 18.6 Å². The highest BCUT2D eigenvalue weighted by Crippen LogP contribution is 2.44. The van der Waals surface area contributed by atoms with Crippen molar-refractivity contribution in [3.63, 3.8) is 0 Å². The van der Waals surface area contributed by atoms with E-state index in [2.05, 4.69) is 0 Å². The van der Waals surface area contributed by atoms with Crippen LogP contribution in [0, 0.1) is 5.82 Å². The van der Waals surface area contributed by atoms with Gasteiger partial charge in [0.2, 0.25) is 5.79 Å². The molecular weight excluding hydrogens is 199 g/mol. The molecule has 0 spiro atoms.